The second-order valence-electron chi connectivity index (χ2n) is 8.07. The van der Waals surface area contributed by atoms with Crippen LogP contribution in [-0.2, 0) is 26.1 Å². The second-order valence-corrected chi connectivity index (χ2v) is 10.0. The molecule has 9 heteroatoms. The fourth-order valence-electron chi connectivity index (χ4n) is 3.93. The molecule has 0 atom stereocenters. The van der Waals surface area contributed by atoms with Gasteiger partial charge in [0.15, 0.2) is 0 Å². The molecule has 2 fully saturated rings. The first-order valence-corrected chi connectivity index (χ1v) is 12.2. The Hall–Kier alpha value is -2.75. The summed E-state index contributed by atoms with van der Waals surface area (Å²) in [4.78, 5) is 26.7. The maximum atomic E-state index is 13.0. The third-order valence-electron chi connectivity index (χ3n) is 5.80. The molecule has 2 aromatic rings. The lowest BCUT2D eigenvalue weighted by Crippen LogP contribution is -2.40. The van der Waals surface area contributed by atoms with Crippen LogP contribution in [0.25, 0.3) is 0 Å². The van der Waals surface area contributed by atoms with Gasteiger partial charge in [-0.2, -0.15) is 4.31 Å². The lowest BCUT2D eigenvalue weighted by molar-refractivity contribution is -0.128. The number of amides is 2. The number of ether oxygens (including phenoxy) is 1. The van der Waals surface area contributed by atoms with E-state index in [2.05, 4.69) is 5.32 Å². The maximum absolute atomic E-state index is 13.0. The van der Waals surface area contributed by atoms with Crippen molar-refractivity contribution in [1.82, 2.24) is 9.21 Å². The zero-order chi connectivity index (χ0) is 22.7. The normalized spacial score (nSPS) is 17.5. The number of carbonyl (C=O) groups excluding carboxylic acids is 2. The number of morpholine rings is 1. The maximum Gasteiger partial charge on any atom is 0.255 e. The topological polar surface area (TPSA) is 96.0 Å². The lowest BCUT2D eigenvalue weighted by atomic mass is 10.1. The van der Waals surface area contributed by atoms with E-state index in [-0.39, 0.29) is 16.7 Å². The Kier molecular flexibility index (Phi) is 6.59. The van der Waals surface area contributed by atoms with E-state index >= 15 is 0 Å². The van der Waals surface area contributed by atoms with E-state index in [1.165, 1.54) is 10.4 Å². The molecule has 2 saturated heterocycles. The van der Waals surface area contributed by atoms with Crippen molar-refractivity contribution in [2.45, 2.75) is 31.2 Å². The van der Waals surface area contributed by atoms with Gasteiger partial charge in [-0.05, 0) is 48.7 Å². The summed E-state index contributed by atoms with van der Waals surface area (Å²) in [5.74, 6) is -0.197. The first kappa shape index (κ1) is 22.4. The van der Waals surface area contributed by atoms with E-state index in [0.29, 0.717) is 50.5 Å². The number of aryl methyl sites for hydroxylation is 1. The van der Waals surface area contributed by atoms with Crippen LogP contribution in [0.15, 0.2) is 47.4 Å². The van der Waals surface area contributed by atoms with E-state index in [0.717, 1.165) is 24.1 Å². The van der Waals surface area contributed by atoms with Gasteiger partial charge in [-0.15, -0.1) is 0 Å². The summed E-state index contributed by atoms with van der Waals surface area (Å²) in [6.07, 6.45) is 1.44. The van der Waals surface area contributed by atoms with Crippen molar-refractivity contribution in [1.29, 1.82) is 0 Å². The van der Waals surface area contributed by atoms with Crippen LogP contribution < -0.4 is 5.32 Å². The van der Waals surface area contributed by atoms with Crippen LogP contribution in [0.5, 0.6) is 0 Å². The van der Waals surface area contributed by atoms with Crippen LogP contribution >= 0.6 is 0 Å². The highest BCUT2D eigenvalue weighted by molar-refractivity contribution is 7.89. The van der Waals surface area contributed by atoms with Gasteiger partial charge in [0.1, 0.15) is 0 Å². The molecule has 0 bridgehead atoms. The summed E-state index contributed by atoms with van der Waals surface area (Å²) in [6.45, 7) is 4.39. The van der Waals surface area contributed by atoms with Crippen LogP contribution in [0.4, 0.5) is 5.69 Å². The average Bonchev–Trinajstić information content (AvgIpc) is 3.20. The number of hydrogen-bond donors (Lipinski definition) is 1. The van der Waals surface area contributed by atoms with Crippen LogP contribution in [0.1, 0.15) is 34.3 Å². The minimum Gasteiger partial charge on any atom is -0.379 e. The number of carbonyl (C=O) groups is 2. The Bertz CT molecular complexity index is 1130. The molecular weight excluding hydrogens is 430 g/mol. The molecule has 0 aliphatic carbocycles. The molecule has 0 spiro atoms. The van der Waals surface area contributed by atoms with Gasteiger partial charge in [0.25, 0.3) is 5.91 Å². The largest absolute Gasteiger partial charge is 0.379 e. The molecule has 8 nitrogen and oxygen atoms in total. The number of likely N-dealkylation sites (tertiary alicyclic amines) is 1. The van der Waals surface area contributed by atoms with E-state index in [4.69, 9.17) is 4.74 Å². The first-order chi connectivity index (χ1) is 15.3. The number of sulfonamides is 1. The van der Waals surface area contributed by atoms with Gasteiger partial charge in [0.05, 0.1) is 18.1 Å². The molecule has 0 unspecified atom stereocenters. The highest BCUT2D eigenvalue weighted by atomic mass is 32.2. The van der Waals surface area contributed by atoms with Crippen molar-refractivity contribution in [3.63, 3.8) is 0 Å². The van der Waals surface area contributed by atoms with E-state index < -0.39 is 10.0 Å². The predicted octanol–water partition coefficient (Wildman–Crippen LogP) is 2.39. The Morgan fingerprint density at radius 3 is 2.59 bits per heavy atom. The summed E-state index contributed by atoms with van der Waals surface area (Å²) < 4.78 is 32.6. The molecular formula is C23H27N3O5S. The molecule has 170 valence electrons. The number of nitrogens with zero attached hydrogens (tertiary/aromatic N) is 2. The highest BCUT2D eigenvalue weighted by Gasteiger charge is 2.27. The van der Waals surface area contributed by atoms with Crippen LogP contribution in [-0.4, -0.2) is 62.3 Å². The smallest absolute Gasteiger partial charge is 0.255 e. The van der Waals surface area contributed by atoms with Crippen molar-refractivity contribution in [2.24, 2.45) is 0 Å². The number of nitrogens with one attached hydrogen (secondary N) is 1. The van der Waals surface area contributed by atoms with Crippen LogP contribution in [0.3, 0.4) is 0 Å². The fourth-order valence-corrected chi connectivity index (χ4v) is 5.36. The van der Waals surface area contributed by atoms with Crippen molar-refractivity contribution in [3.05, 3.63) is 59.2 Å². The second kappa shape index (κ2) is 9.40. The van der Waals surface area contributed by atoms with Gasteiger partial charge < -0.3 is 15.0 Å². The molecule has 2 aromatic carbocycles. The summed E-state index contributed by atoms with van der Waals surface area (Å²) in [6, 6.07) is 11.9. The Labute approximate surface area is 188 Å². The van der Waals surface area contributed by atoms with Gasteiger partial charge in [0, 0.05) is 43.9 Å². The van der Waals surface area contributed by atoms with Crippen molar-refractivity contribution in [3.8, 4) is 0 Å². The van der Waals surface area contributed by atoms with Crippen molar-refractivity contribution >= 4 is 27.5 Å². The monoisotopic (exact) mass is 457 g/mol. The number of benzene rings is 2. The van der Waals surface area contributed by atoms with E-state index in [9.17, 15) is 18.0 Å². The van der Waals surface area contributed by atoms with Gasteiger partial charge in [-0.1, -0.05) is 18.2 Å². The zero-order valence-electron chi connectivity index (χ0n) is 18.0. The highest BCUT2D eigenvalue weighted by Crippen LogP contribution is 2.24. The third kappa shape index (κ3) is 4.85. The number of hydrogen-bond acceptors (Lipinski definition) is 5. The zero-order valence-corrected chi connectivity index (χ0v) is 18.9. The molecule has 2 heterocycles. The molecule has 2 aliphatic heterocycles. The SMILES string of the molecule is Cc1ccc(S(=O)(=O)N2CCOCC2)cc1NC(=O)c1cccc(CN2CCCC2=O)c1. The molecule has 32 heavy (non-hydrogen) atoms. The summed E-state index contributed by atoms with van der Waals surface area (Å²) in [5, 5.41) is 2.84. The van der Waals surface area contributed by atoms with Crippen molar-refractivity contribution < 1.29 is 22.7 Å². The molecule has 0 aromatic heterocycles. The van der Waals surface area contributed by atoms with Gasteiger partial charge in [-0.25, -0.2) is 8.42 Å². The van der Waals surface area contributed by atoms with Crippen LogP contribution in [0.2, 0.25) is 0 Å². The van der Waals surface area contributed by atoms with Gasteiger partial charge in [-0.3, -0.25) is 9.59 Å². The Balaban J connectivity index is 1.51. The summed E-state index contributed by atoms with van der Waals surface area (Å²) in [7, 11) is -3.66. The van der Waals surface area contributed by atoms with Gasteiger partial charge >= 0.3 is 0 Å². The van der Waals surface area contributed by atoms with E-state index in [1.807, 2.05) is 13.0 Å². The Morgan fingerprint density at radius 1 is 1.09 bits per heavy atom. The Morgan fingerprint density at radius 2 is 1.88 bits per heavy atom. The lowest BCUT2D eigenvalue weighted by Gasteiger charge is -2.26. The number of rotatable bonds is 6. The summed E-state index contributed by atoms with van der Waals surface area (Å²) >= 11 is 0. The van der Waals surface area contributed by atoms with Crippen molar-refractivity contribution in [2.75, 3.05) is 38.2 Å². The fraction of sp³-hybridized carbons (Fsp3) is 0.391. The average molecular weight is 458 g/mol. The minimum absolute atomic E-state index is 0.133. The third-order valence-corrected chi connectivity index (χ3v) is 7.69. The first-order valence-electron chi connectivity index (χ1n) is 10.7. The minimum atomic E-state index is -3.66. The standard InChI is InChI=1S/C23H27N3O5S/c1-17-7-8-20(32(29,30)26-10-12-31-13-11-26)15-21(17)24-23(28)19-5-2-4-18(14-19)16-25-9-3-6-22(25)27/h2,4-5,7-8,14-15H,3,6,9-13,16H2,1H3,(H,24,28). The summed E-state index contributed by atoms with van der Waals surface area (Å²) in [5.41, 5.74) is 2.55. The molecule has 0 saturated carbocycles. The molecule has 4 rings (SSSR count). The van der Waals surface area contributed by atoms with E-state index in [1.54, 1.807) is 35.2 Å². The van der Waals surface area contributed by atoms with Gasteiger partial charge in [0.2, 0.25) is 15.9 Å². The molecule has 0 radical (unpaired) electrons. The van der Waals surface area contributed by atoms with Crippen LogP contribution in [0, 0.1) is 6.92 Å². The quantitative estimate of drug-likeness (QED) is 0.719. The molecule has 2 aliphatic rings. The number of anilines is 1. The molecule has 1 N–H and O–H groups in total. The molecule has 2 amide bonds. The predicted molar refractivity (Wildman–Crippen MR) is 120 cm³/mol.